The van der Waals surface area contributed by atoms with E-state index in [0.29, 0.717) is 12.1 Å². The van der Waals surface area contributed by atoms with E-state index in [9.17, 15) is 0 Å². The van der Waals surface area contributed by atoms with Crippen molar-refractivity contribution in [2.75, 3.05) is 11.9 Å². The minimum absolute atomic E-state index is 0.225. The minimum atomic E-state index is 0.225. The second kappa shape index (κ2) is 5.57. The second-order valence-electron chi connectivity index (χ2n) is 5.11. The summed E-state index contributed by atoms with van der Waals surface area (Å²) in [6, 6.07) is 4.49. The van der Waals surface area contributed by atoms with Crippen molar-refractivity contribution in [3.8, 4) is 0 Å². The van der Waals surface area contributed by atoms with Crippen molar-refractivity contribution in [3.63, 3.8) is 0 Å². The van der Waals surface area contributed by atoms with Crippen molar-refractivity contribution in [1.29, 1.82) is 0 Å². The van der Waals surface area contributed by atoms with Crippen LogP contribution in [0.3, 0.4) is 0 Å². The molecule has 1 N–H and O–H groups in total. The summed E-state index contributed by atoms with van der Waals surface area (Å²) in [6.07, 6.45) is 4.45. The van der Waals surface area contributed by atoms with Crippen LogP contribution in [0.25, 0.3) is 0 Å². The minimum Gasteiger partial charge on any atom is -0.380 e. The van der Waals surface area contributed by atoms with Crippen LogP contribution in [0.4, 0.5) is 5.69 Å². The van der Waals surface area contributed by atoms with Crippen LogP contribution in [-0.4, -0.2) is 23.7 Å². The van der Waals surface area contributed by atoms with E-state index in [1.54, 1.807) is 0 Å². The van der Waals surface area contributed by atoms with Crippen LogP contribution in [0.1, 0.15) is 33.6 Å². The standard InChI is InChI=1S/C14H21BrN2O/c1-4-14(3)11(8-12(14)18-5-2)17-10-6-7-13(15)16-9-10/h6-7,9,11-12,17H,4-5,8H2,1-3H3. The van der Waals surface area contributed by atoms with Gasteiger partial charge in [-0.3, -0.25) is 0 Å². The highest BCUT2D eigenvalue weighted by Crippen LogP contribution is 2.47. The van der Waals surface area contributed by atoms with Gasteiger partial charge >= 0.3 is 0 Å². The molecule has 3 unspecified atom stereocenters. The average molecular weight is 313 g/mol. The fourth-order valence-corrected chi connectivity index (χ4v) is 2.87. The Bertz CT molecular complexity index is 395. The molecule has 0 bridgehead atoms. The molecule has 1 aromatic heterocycles. The molecule has 0 aromatic carbocycles. The molecule has 1 aliphatic rings. The summed E-state index contributed by atoms with van der Waals surface area (Å²) in [5, 5.41) is 3.57. The summed E-state index contributed by atoms with van der Waals surface area (Å²) in [5.41, 5.74) is 1.31. The molecule has 100 valence electrons. The number of aromatic nitrogens is 1. The van der Waals surface area contributed by atoms with Gasteiger partial charge < -0.3 is 10.1 Å². The lowest BCUT2D eigenvalue weighted by molar-refractivity contribution is -0.109. The third-order valence-electron chi connectivity index (χ3n) is 4.18. The molecule has 1 heterocycles. The molecule has 3 atom stereocenters. The van der Waals surface area contributed by atoms with Crippen molar-refractivity contribution >= 4 is 21.6 Å². The maximum absolute atomic E-state index is 5.81. The molecule has 1 aliphatic carbocycles. The van der Waals surface area contributed by atoms with E-state index in [-0.39, 0.29) is 5.41 Å². The Morgan fingerprint density at radius 3 is 2.83 bits per heavy atom. The Labute approximate surface area is 117 Å². The van der Waals surface area contributed by atoms with E-state index in [4.69, 9.17) is 4.74 Å². The van der Waals surface area contributed by atoms with Gasteiger partial charge in [0.15, 0.2) is 0 Å². The first kappa shape index (κ1) is 13.8. The number of nitrogens with zero attached hydrogens (tertiary/aromatic N) is 1. The van der Waals surface area contributed by atoms with Gasteiger partial charge in [-0.15, -0.1) is 0 Å². The molecule has 1 fully saturated rings. The van der Waals surface area contributed by atoms with Crippen molar-refractivity contribution in [3.05, 3.63) is 22.9 Å². The van der Waals surface area contributed by atoms with Crippen LogP contribution in [0.15, 0.2) is 22.9 Å². The fraction of sp³-hybridized carbons (Fsp3) is 0.643. The molecular formula is C14H21BrN2O. The Morgan fingerprint density at radius 2 is 2.28 bits per heavy atom. The lowest BCUT2D eigenvalue weighted by Crippen LogP contribution is -2.59. The van der Waals surface area contributed by atoms with Crippen LogP contribution in [0, 0.1) is 5.41 Å². The molecule has 0 aliphatic heterocycles. The molecule has 4 heteroatoms. The first-order valence-corrected chi connectivity index (χ1v) is 7.39. The van der Waals surface area contributed by atoms with Gasteiger partial charge in [0.05, 0.1) is 18.0 Å². The quantitative estimate of drug-likeness (QED) is 0.839. The Kier molecular flexibility index (Phi) is 4.28. The van der Waals surface area contributed by atoms with E-state index in [1.165, 1.54) is 0 Å². The number of hydrogen-bond acceptors (Lipinski definition) is 3. The molecule has 0 spiro atoms. The number of nitrogens with one attached hydrogen (secondary N) is 1. The van der Waals surface area contributed by atoms with Gasteiger partial charge in [-0.2, -0.15) is 0 Å². The van der Waals surface area contributed by atoms with Gasteiger partial charge in [0, 0.05) is 18.1 Å². The van der Waals surface area contributed by atoms with Gasteiger partial charge in [0.25, 0.3) is 0 Å². The molecule has 1 aromatic rings. The molecule has 0 saturated heterocycles. The number of anilines is 1. The van der Waals surface area contributed by atoms with Crippen molar-refractivity contribution in [2.24, 2.45) is 5.41 Å². The van der Waals surface area contributed by atoms with Gasteiger partial charge in [-0.25, -0.2) is 4.98 Å². The van der Waals surface area contributed by atoms with Gasteiger partial charge in [0.2, 0.25) is 0 Å². The number of hydrogen-bond donors (Lipinski definition) is 1. The van der Waals surface area contributed by atoms with E-state index in [2.05, 4.69) is 53.1 Å². The molecule has 18 heavy (non-hydrogen) atoms. The number of rotatable bonds is 5. The molecule has 1 saturated carbocycles. The van der Waals surface area contributed by atoms with E-state index < -0.39 is 0 Å². The van der Waals surface area contributed by atoms with Crippen LogP contribution in [0.5, 0.6) is 0 Å². The number of ether oxygens (including phenoxy) is 1. The zero-order chi connectivity index (χ0) is 13.2. The normalized spacial score (nSPS) is 30.9. The average Bonchev–Trinajstić information content (AvgIpc) is 2.39. The molecule has 0 radical (unpaired) electrons. The van der Waals surface area contributed by atoms with Crippen molar-refractivity contribution in [1.82, 2.24) is 4.98 Å². The van der Waals surface area contributed by atoms with Crippen LogP contribution < -0.4 is 5.32 Å². The zero-order valence-electron chi connectivity index (χ0n) is 11.2. The lowest BCUT2D eigenvalue weighted by Gasteiger charge is -2.53. The van der Waals surface area contributed by atoms with E-state index >= 15 is 0 Å². The van der Waals surface area contributed by atoms with Crippen LogP contribution >= 0.6 is 15.9 Å². The zero-order valence-corrected chi connectivity index (χ0v) is 12.8. The molecule has 0 amide bonds. The summed E-state index contributed by atoms with van der Waals surface area (Å²) in [4.78, 5) is 4.24. The summed E-state index contributed by atoms with van der Waals surface area (Å²) < 4.78 is 6.68. The van der Waals surface area contributed by atoms with Crippen molar-refractivity contribution < 1.29 is 4.74 Å². The predicted molar refractivity (Wildman–Crippen MR) is 77.8 cm³/mol. The number of halogens is 1. The van der Waals surface area contributed by atoms with Gasteiger partial charge in [-0.1, -0.05) is 13.8 Å². The summed E-state index contributed by atoms with van der Waals surface area (Å²) in [7, 11) is 0. The largest absolute Gasteiger partial charge is 0.380 e. The van der Waals surface area contributed by atoms with Gasteiger partial charge in [0.1, 0.15) is 4.60 Å². The monoisotopic (exact) mass is 312 g/mol. The highest BCUT2D eigenvalue weighted by Gasteiger charge is 2.51. The summed E-state index contributed by atoms with van der Waals surface area (Å²) >= 11 is 3.35. The maximum Gasteiger partial charge on any atom is 0.106 e. The topological polar surface area (TPSA) is 34.1 Å². The van der Waals surface area contributed by atoms with E-state index in [1.807, 2.05) is 12.3 Å². The van der Waals surface area contributed by atoms with Crippen LogP contribution in [-0.2, 0) is 4.74 Å². The maximum atomic E-state index is 5.81. The number of pyridine rings is 1. The molecular weight excluding hydrogens is 292 g/mol. The lowest BCUT2D eigenvalue weighted by atomic mass is 9.61. The third kappa shape index (κ3) is 2.54. The fourth-order valence-electron chi connectivity index (χ4n) is 2.64. The SMILES string of the molecule is CCOC1CC(Nc2ccc(Br)nc2)C1(C)CC. The predicted octanol–water partition coefficient (Wildman–Crippen LogP) is 3.85. The smallest absolute Gasteiger partial charge is 0.106 e. The molecule has 3 nitrogen and oxygen atoms in total. The Balaban J connectivity index is 2.00. The van der Waals surface area contributed by atoms with E-state index in [0.717, 1.165) is 29.7 Å². The second-order valence-corrected chi connectivity index (χ2v) is 5.92. The summed E-state index contributed by atoms with van der Waals surface area (Å²) in [5.74, 6) is 0. The summed E-state index contributed by atoms with van der Waals surface area (Å²) in [6.45, 7) is 7.41. The Hall–Kier alpha value is -0.610. The highest BCUT2D eigenvalue weighted by molar-refractivity contribution is 9.10. The molecule has 2 rings (SSSR count). The van der Waals surface area contributed by atoms with Crippen molar-refractivity contribution in [2.45, 2.75) is 45.8 Å². The highest BCUT2D eigenvalue weighted by atomic mass is 79.9. The third-order valence-corrected chi connectivity index (χ3v) is 4.65. The first-order valence-electron chi connectivity index (χ1n) is 6.59. The first-order chi connectivity index (χ1) is 8.60. The Morgan fingerprint density at radius 1 is 1.50 bits per heavy atom. The van der Waals surface area contributed by atoms with Crippen LogP contribution in [0.2, 0.25) is 0 Å². The van der Waals surface area contributed by atoms with Gasteiger partial charge in [-0.05, 0) is 47.8 Å².